The van der Waals surface area contributed by atoms with Crippen LogP contribution in [0.3, 0.4) is 0 Å². The molecule has 3 rings (SSSR count). The number of carbonyl (C=O) groups is 1. The first kappa shape index (κ1) is 11.2. The van der Waals surface area contributed by atoms with Gasteiger partial charge in [-0.25, -0.2) is 4.79 Å². The van der Waals surface area contributed by atoms with E-state index < -0.39 is 6.16 Å². The average molecular weight is 228 g/mol. The van der Waals surface area contributed by atoms with Crippen LogP contribution in [0.4, 0.5) is 4.79 Å². The average Bonchev–Trinajstić information content (AvgIpc) is 2.35. The molecular formula is C14H12O3. The van der Waals surface area contributed by atoms with Crippen LogP contribution >= 0.6 is 0 Å². The summed E-state index contributed by atoms with van der Waals surface area (Å²) in [6.07, 6.45) is -0.698. The zero-order valence-corrected chi connectivity index (χ0v) is 9.42. The van der Waals surface area contributed by atoms with Crippen molar-refractivity contribution in [3.8, 4) is 16.9 Å². The molecular weight excluding hydrogens is 216 g/mol. The number of carbonyl (C=O) groups excluding carboxylic acids is 1. The fourth-order valence-electron chi connectivity index (χ4n) is 1.29. The minimum atomic E-state index is -0.698. The van der Waals surface area contributed by atoms with Crippen molar-refractivity contribution in [3.63, 3.8) is 0 Å². The molecule has 0 fully saturated rings. The number of fused-ring (bicyclic) bond motifs is 1. The van der Waals surface area contributed by atoms with Crippen LogP contribution in [0.2, 0.25) is 0 Å². The van der Waals surface area contributed by atoms with Gasteiger partial charge >= 0.3 is 6.16 Å². The summed E-state index contributed by atoms with van der Waals surface area (Å²) in [6.45, 7) is 0. The van der Waals surface area contributed by atoms with E-state index in [1.54, 1.807) is 24.3 Å². The second kappa shape index (κ2) is 5.16. The van der Waals surface area contributed by atoms with E-state index in [1.807, 2.05) is 6.07 Å². The second-order valence-electron chi connectivity index (χ2n) is 3.45. The van der Waals surface area contributed by atoms with E-state index in [9.17, 15) is 4.79 Å². The van der Waals surface area contributed by atoms with Gasteiger partial charge in [0.1, 0.15) is 5.75 Å². The maximum absolute atomic E-state index is 10.5. The molecule has 1 aromatic rings. The van der Waals surface area contributed by atoms with Crippen LogP contribution in [-0.2, 0) is 4.74 Å². The first-order valence-corrected chi connectivity index (χ1v) is 5.21. The molecule has 2 aliphatic rings. The number of rotatable bonds is 1. The summed E-state index contributed by atoms with van der Waals surface area (Å²) in [4.78, 5) is 10.5. The van der Waals surface area contributed by atoms with Crippen molar-refractivity contribution in [1.29, 1.82) is 0 Å². The van der Waals surface area contributed by atoms with Crippen molar-refractivity contribution in [1.82, 2.24) is 0 Å². The predicted octanol–water partition coefficient (Wildman–Crippen LogP) is 3.50. The van der Waals surface area contributed by atoms with Crippen molar-refractivity contribution in [3.05, 3.63) is 54.6 Å². The molecule has 0 saturated heterocycles. The summed E-state index contributed by atoms with van der Waals surface area (Å²) in [5.74, 6) is 0.486. The summed E-state index contributed by atoms with van der Waals surface area (Å²) in [7, 11) is 1.27. The summed E-state index contributed by atoms with van der Waals surface area (Å²) in [6, 6.07) is 17.2. The molecule has 0 aromatic heterocycles. The lowest BCUT2D eigenvalue weighted by atomic mass is 9.95. The summed E-state index contributed by atoms with van der Waals surface area (Å²) in [5.41, 5.74) is 2.85. The molecule has 3 heteroatoms. The highest BCUT2D eigenvalue weighted by Crippen LogP contribution is 2.29. The summed E-state index contributed by atoms with van der Waals surface area (Å²) >= 11 is 0. The van der Waals surface area contributed by atoms with Gasteiger partial charge in [0.05, 0.1) is 7.11 Å². The predicted molar refractivity (Wildman–Crippen MR) is 64.9 cm³/mol. The first-order valence-electron chi connectivity index (χ1n) is 5.21. The Kier molecular flexibility index (Phi) is 3.40. The number of benzene rings is 2. The van der Waals surface area contributed by atoms with Gasteiger partial charge in [-0.2, -0.15) is 0 Å². The molecule has 0 heterocycles. The summed E-state index contributed by atoms with van der Waals surface area (Å²) in [5, 5.41) is 0. The van der Waals surface area contributed by atoms with E-state index in [4.69, 9.17) is 4.74 Å². The molecule has 0 amide bonds. The number of ether oxygens (including phenoxy) is 2. The first-order chi connectivity index (χ1) is 8.29. The Morgan fingerprint density at radius 1 is 0.882 bits per heavy atom. The number of hydrogen-bond acceptors (Lipinski definition) is 3. The van der Waals surface area contributed by atoms with Crippen LogP contribution in [-0.4, -0.2) is 13.3 Å². The normalized spacial score (nSPS) is 9.71. The van der Waals surface area contributed by atoms with Crippen LogP contribution in [0.25, 0.3) is 11.1 Å². The molecule has 86 valence electrons. The van der Waals surface area contributed by atoms with E-state index in [-0.39, 0.29) is 0 Å². The third-order valence-electron chi connectivity index (χ3n) is 2.33. The van der Waals surface area contributed by atoms with Crippen molar-refractivity contribution in [2.24, 2.45) is 0 Å². The molecule has 2 aliphatic carbocycles. The highest BCUT2D eigenvalue weighted by molar-refractivity contribution is 5.75. The van der Waals surface area contributed by atoms with Gasteiger partial charge in [-0.15, -0.1) is 0 Å². The van der Waals surface area contributed by atoms with Gasteiger partial charge in [-0.1, -0.05) is 42.5 Å². The zero-order valence-electron chi connectivity index (χ0n) is 9.42. The Morgan fingerprint density at radius 3 is 1.76 bits per heavy atom. The van der Waals surface area contributed by atoms with Gasteiger partial charge in [0.15, 0.2) is 0 Å². The zero-order chi connectivity index (χ0) is 12.1. The molecule has 0 N–H and O–H groups in total. The molecule has 0 atom stereocenters. The third-order valence-corrected chi connectivity index (χ3v) is 2.33. The Morgan fingerprint density at radius 2 is 1.41 bits per heavy atom. The van der Waals surface area contributed by atoms with E-state index in [0.29, 0.717) is 5.75 Å². The number of hydrogen-bond donors (Lipinski definition) is 0. The van der Waals surface area contributed by atoms with Crippen molar-refractivity contribution in [2.45, 2.75) is 0 Å². The highest BCUT2D eigenvalue weighted by Gasteiger charge is 2.04. The van der Waals surface area contributed by atoms with Crippen LogP contribution in [0.15, 0.2) is 54.6 Å². The maximum Gasteiger partial charge on any atom is 0.513 e. The van der Waals surface area contributed by atoms with E-state index >= 15 is 0 Å². The van der Waals surface area contributed by atoms with E-state index in [0.717, 1.165) is 0 Å². The molecule has 0 aliphatic heterocycles. The lowest BCUT2D eigenvalue weighted by Crippen LogP contribution is -2.06. The SMILES string of the molecule is COC(=O)Oc1ccccc1.c1cc2ccc1-2. The maximum atomic E-state index is 10.5. The number of para-hydroxylation sites is 1. The molecule has 0 spiro atoms. The highest BCUT2D eigenvalue weighted by atomic mass is 16.7. The Labute approximate surface area is 99.6 Å². The van der Waals surface area contributed by atoms with E-state index in [1.165, 1.54) is 18.2 Å². The van der Waals surface area contributed by atoms with E-state index in [2.05, 4.69) is 29.0 Å². The topological polar surface area (TPSA) is 35.5 Å². The Balaban J connectivity index is 0.000000148. The van der Waals surface area contributed by atoms with Gasteiger partial charge in [-0.3, -0.25) is 0 Å². The van der Waals surface area contributed by atoms with Gasteiger partial charge in [0.2, 0.25) is 0 Å². The Bertz CT molecular complexity index is 468. The van der Waals surface area contributed by atoms with Gasteiger partial charge in [0, 0.05) is 0 Å². The smallest absolute Gasteiger partial charge is 0.437 e. The van der Waals surface area contributed by atoms with Crippen molar-refractivity contribution in [2.75, 3.05) is 7.11 Å². The number of methoxy groups -OCH3 is 1. The second-order valence-corrected chi connectivity index (χ2v) is 3.45. The minimum Gasteiger partial charge on any atom is -0.437 e. The third kappa shape index (κ3) is 2.84. The molecule has 0 unspecified atom stereocenters. The molecule has 17 heavy (non-hydrogen) atoms. The Hall–Kier alpha value is -2.29. The minimum absolute atomic E-state index is 0.486. The monoisotopic (exact) mass is 228 g/mol. The molecule has 1 aromatic carbocycles. The largest absolute Gasteiger partial charge is 0.513 e. The van der Waals surface area contributed by atoms with Crippen LogP contribution < -0.4 is 4.74 Å². The standard InChI is InChI=1S/C8H8O3.C6H4/c1-10-8(9)11-7-5-3-2-4-6-7;1-2-6-4-3-5(1)6/h2-6H,1H3;1-4H. The molecule has 0 saturated carbocycles. The molecule has 0 bridgehead atoms. The molecule has 0 radical (unpaired) electrons. The van der Waals surface area contributed by atoms with Crippen LogP contribution in [0.1, 0.15) is 0 Å². The van der Waals surface area contributed by atoms with Crippen LogP contribution in [0, 0.1) is 0 Å². The quantitative estimate of drug-likeness (QED) is 0.472. The van der Waals surface area contributed by atoms with Gasteiger partial charge < -0.3 is 9.47 Å². The van der Waals surface area contributed by atoms with Crippen LogP contribution in [0.5, 0.6) is 5.75 Å². The van der Waals surface area contributed by atoms with Crippen molar-refractivity contribution < 1.29 is 14.3 Å². The lowest BCUT2D eigenvalue weighted by Gasteiger charge is -2.10. The van der Waals surface area contributed by atoms with Gasteiger partial charge in [-0.05, 0) is 23.3 Å². The fourth-order valence-corrected chi connectivity index (χ4v) is 1.29. The van der Waals surface area contributed by atoms with Gasteiger partial charge in [0.25, 0.3) is 0 Å². The summed E-state index contributed by atoms with van der Waals surface area (Å²) < 4.78 is 9.00. The molecule has 3 nitrogen and oxygen atoms in total. The lowest BCUT2D eigenvalue weighted by molar-refractivity contribution is 0.121. The van der Waals surface area contributed by atoms with Crippen molar-refractivity contribution >= 4 is 6.16 Å². The fraction of sp³-hybridized carbons (Fsp3) is 0.0714.